The standard InChI is InChI=1S/C15H23N3OS.2ClH/c19-15(14-4-1-6-16-14)18-10-8-17(9-11-18)7-5-13-3-2-12-20-13;;/h2-3,12,14,16H,1,4-11H2;2*1H. The van der Waals surface area contributed by atoms with E-state index in [1.807, 2.05) is 16.2 Å². The molecule has 2 saturated heterocycles. The number of piperazine rings is 1. The van der Waals surface area contributed by atoms with E-state index in [9.17, 15) is 4.79 Å². The van der Waals surface area contributed by atoms with Crippen molar-refractivity contribution in [3.05, 3.63) is 22.4 Å². The number of nitrogens with zero attached hydrogens (tertiary/aromatic N) is 2. The molecule has 1 atom stereocenters. The number of carbonyl (C=O) groups is 1. The summed E-state index contributed by atoms with van der Waals surface area (Å²) in [4.78, 5) is 18.3. The van der Waals surface area contributed by atoms with Gasteiger partial charge in [0, 0.05) is 37.6 Å². The van der Waals surface area contributed by atoms with Crippen LogP contribution in [0.1, 0.15) is 17.7 Å². The first-order chi connectivity index (χ1) is 9.83. The van der Waals surface area contributed by atoms with Gasteiger partial charge in [-0.3, -0.25) is 9.69 Å². The molecule has 7 heteroatoms. The number of nitrogens with one attached hydrogen (secondary N) is 1. The number of halogens is 2. The van der Waals surface area contributed by atoms with E-state index in [-0.39, 0.29) is 30.9 Å². The van der Waals surface area contributed by atoms with Crippen molar-refractivity contribution < 1.29 is 4.79 Å². The molecule has 0 radical (unpaired) electrons. The van der Waals surface area contributed by atoms with Crippen LogP contribution in [-0.2, 0) is 11.2 Å². The molecule has 1 N–H and O–H groups in total. The van der Waals surface area contributed by atoms with Crippen molar-refractivity contribution in [3.8, 4) is 0 Å². The lowest BCUT2D eigenvalue weighted by molar-refractivity contribution is -0.134. The second-order valence-electron chi connectivity index (χ2n) is 5.65. The summed E-state index contributed by atoms with van der Waals surface area (Å²) in [5, 5.41) is 5.44. The van der Waals surface area contributed by atoms with E-state index < -0.39 is 0 Å². The highest BCUT2D eigenvalue weighted by Gasteiger charge is 2.28. The van der Waals surface area contributed by atoms with Crippen molar-refractivity contribution in [1.82, 2.24) is 15.1 Å². The average molecular weight is 366 g/mol. The van der Waals surface area contributed by atoms with Crippen LogP contribution in [0.5, 0.6) is 0 Å². The Balaban J connectivity index is 0.00000121. The number of amides is 1. The summed E-state index contributed by atoms with van der Waals surface area (Å²) >= 11 is 1.83. The van der Waals surface area contributed by atoms with Crippen molar-refractivity contribution in [2.24, 2.45) is 0 Å². The summed E-state index contributed by atoms with van der Waals surface area (Å²) in [6.45, 7) is 5.93. The highest BCUT2D eigenvalue weighted by atomic mass is 35.5. The molecule has 2 fully saturated rings. The number of thiophene rings is 1. The van der Waals surface area contributed by atoms with Crippen LogP contribution in [0.2, 0.25) is 0 Å². The van der Waals surface area contributed by atoms with Crippen LogP contribution < -0.4 is 5.32 Å². The Labute approximate surface area is 149 Å². The zero-order valence-corrected chi connectivity index (χ0v) is 15.2. The van der Waals surface area contributed by atoms with Gasteiger partial charge in [0.25, 0.3) is 0 Å². The van der Waals surface area contributed by atoms with Crippen LogP contribution in [0.3, 0.4) is 0 Å². The Morgan fingerprint density at radius 3 is 2.64 bits per heavy atom. The van der Waals surface area contributed by atoms with Gasteiger partial charge in [-0.25, -0.2) is 0 Å². The first-order valence-corrected chi connectivity index (χ1v) is 8.48. The van der Waals surface area contributed by atoms with E-state index in [0.29, 0.717) is 5.91 Å². The lowest BCUT2D eigenvalue weighted by Crippen LogP contribution is -2.53. The van der Waals surface area contributed by atoms with Crippen molar-refractivity contribution >= 4 is 42.1 Å². The van der Waals surface area contributed by atoms with Crippen LogP contribution in [0.25, 0.3) is 0 Å². The van der Waals surface area contributed by atoms with Crippen LogP contribution in [0.15, 0.2) is 17.5 Å². The lowest BCUT2D eigenvalue weighted by atomic mass is 10.2. The SMILES string of the molecule is Cl.Cl.O=C(C1CCCN1)N1CCN(CCc2cccs2)CC1. The average Bonchev–Trinajstić information content (AvgIpc) is 3.18. The fourth-order valence-corrected chi connectivity index (χ4v) is 3.73. The largest absolute Gasteiger partial charge is 0.339 e. The van der Waals surface area contributed by atoms with Gasteiger partial charge in [0.15, 0.2) is 0 Å². The van der Waals surface area contributed by atoms with E-state index in [1.54, 1.807) is 0 Å². The molecule has 1 amide bonds. The summed E-state index contributed by atoms with van der Waals surface area (Å²) in [6.07, 6.45) is 3.28. The van der Waals surface area contributed by atoms with E-state index in [0.717, 1.165) is 58.5 Å². The molecular formula is C15H25Cl2N3OS. The Morgan fingerprint density at radius 1 is 1.27 bits per heavy atom. The zero-order valence-electron chi connectivity index (χ0n) is 12.7. The topological polar surface area (TPSA) is 35.6 Å². The first kappa shape index (κ1) is 19.7. The molecule has 0 aromatic carbocycles. The van der Waals surface area contributed by atoms with Crippen molar-refractivity contribution in [1.29, 1.82) is 0 Å². The number of hydrogen-bond acceptors (Lipinski definition) is 4. The quantitative estimate of drug-likeness (QED) is 0.886. The number of hydrogen-bond donors (Lipinski definition) is 1. The molecule has 2 aliphatic rings. The molecule has 3 heterocycles. The van der Waals surface area contributed by atoms with Crippen LogP contribution in [0.4, 0.5) is 0 Å². The Hall–Kier alpha value is -0.330. The predicted molar refractivity (Wildman–Crippen MR) is 96.6 cm³/mol. The van der Waals surface area contributed by atoms with Gasteiger partial charge in [0.1, 0.15) is 0 Å². The van der Waals surface area contributed by atoms with E-state index >= 15 is 0 Å². The third-order valence-corrected chi connectivity index (χ3v) is 5.23. The van der Waals surface area contributed by atoms with Gasteiger partial charge in [0.05, 0.1) is 6.04 Å². The molecule has 4 nitrogen and oxygen atoms in total. The fraction of sp³-hybridized carbons (Fsp3) is 0.667. The van der Waals surface area contributed by atoms with E-state index in [2.05, 4.69) is 27.7 Å². The molecular weight excluding hydrogens is 341 g/mol. The van der Waals surface area contributed by atoms with Crippen molar-refractivity contribution in [2.75, 3.05) is 39.3 Å². The van der Waals surface area contributed by atoms with Gasteiger partial charge in [-0.15, -0.1) is 36.2 Å². The van der Waals surface area contributed by atoms with Gasteiger partial charge in [0.2, 0.25) is 5.91 Å². The fourth-order valence-electron chi connectivity index (χ4n) is 3.03. The molecule has 3 rings (SSSR count). The monoisotopic (exact) mass is 365 g/mol. The molecule has 0 spiro atoms. The maximum Gasteiger partial charge on any atom is 0.239 e. The minimum Gasteiger partial charge on any atom is -0.339 e. The molecule has 126 valence electrons. The van der Waals surface area contributed by atoms with Gasteiger partial charge >= 0.3 is 0 Å². The maximum absolute atomic E-state index is 12.3. The first-order valence-electron chi connectivity index (χ1n) is 7.60. The van der Waals surface area contributed by atoms with Gasteiger partial charge in [-0.05, 0) is 37.3 Å². The molecule has 2 aliphatic heterocycles. The minimum atomic E-state index is 0. The normalized spacial score (nSPS) is 22.0. The summed E-state index contributed by atoms with van der Waals surface area (Å²) in [7, 11) is 0. The minimum absolute atomic E-state index is 0. The van der Waals surface area contributed by atoms with Crippen LogP contribution in [0, 0.1) is 0 Å². The summed E-state index contributed by atoms with van der Waals surface area (Å²) in [5.41, 5.74) is 0. The second kappa shape index (κ2) is 9.73. The molecule has 0 aliphatic carbocycles. The Kier molecular flexibility index (Phi) is 8.72. The van der Waals surface area contributed by atoms with Gasteiger partial charge < -0.3 is 10.2 Å². The van der Waals surface area contributed by atoms with Crippen molar-refractivity contribution in [3.63, 3.8) is 0 Å². The molecule has 1 aromatic rings. The number of carbonyl (C=O) groups excluding carboxylic acids is 1. The predicted octanol–water partition coefficient (Wildman–Crippen LogP) is 2.03. The molecule has 0 saturated carbocycles. The summed E-state index contributed by atoms with van der Waals surface area (Å²) < 4.78 is 0. The zero-order chi connectivity index (χ0) is 13.8. The Morgan fingerprint density at radius 2 is 2.05 bits per heavy atom. The molecule has 0 bridgehead atoms. The van der Waals surface area contributed by atoms with Gasteiger partial charge in [-0.2, -0.15) is 0 Å². The smallest absolute Gasteiger partial charge is 0.239 e. The van der Waals surface area contributed by atoms with Crippen molar-refractivity contribution in [2.45, 2.75) is 25.3 Å². The third-order valence-electron chi connectivity index (χ3n) is 4.30. The lowest BCUT2D eigenvalue weighted by Gasteiger charge is -2.35. The number of rotatable bonds is 4. The van der Waals surface area contributed by atoms with E-state index in [4.69, 9.17) is 0 Å². The highest BCUT2D eigenvalue weighted by Crippen LogP contribution is 2.13. The highest BCUT2D eigenvalue weighted by molar-refractivity contribution is 7.09. The second-order valence-corrected chi connectivity index (χ2v) is 6.68. The third kappa shape index (κ3) is 5.10. The summed E-state index contributed by atoms with van der Waals surface area (Å²) in [5.74, 6) is 0.320. The van der Waals surface area contributed by atoms with Crippen LogP contribution in [-0.4, -0.2) is 61.0 Å². The van der Waals surface area contributed by atoms with E-state index in [1.165, 1.54) is 4.88 Å². The van der Waals surface area contributed by atoms with Crippen LogP contribution >= 0.6 is 36.2 Å². The molecule has 1 unspecified atom stereocenters. The molecule has 22 heavy (non-hydrogen) atoms. The Bertz CT molecular complexity index is 430. The maximum atomic E-state index is 12.3. The molecule has 1 aromatic heterocycles. The van der Waals surface area contributed by atoms with Gasteiger partial charge in [-0.1, -0.05) is 6.07 Å². The summed E-state index contributed by atoms with van der Waals surface area (Å²) in [6, 6.07) is 4.41.